The molecule has 0 bridgehead atoms. The van der Waals surface area contributed by atoms with Crippen LogP contribution in [0.4, 0.5) is 0 Å². The summed E-state index contributed by atoms with van der Waals surface area (Å²) < 4.78 is 5.86. The molecule has 7 nitrogen and oxygen atoms in total. The van der Waals surface area contributed by atoms with Crippen molar-refractivity contribution < 1.29 is 19.4 Å². The zero-order valence-corrected chi connectivity index (χ0v) is 26.7. The quantitative estimate of drug-likeness (QED) is 0.110. The van der Waals surface area contributed by atoms with Crippen molar-refractivity contribution in [2.45, 2.75) is 78.2 Å². The van der Waals surface area contributed by atoms with Crippen molar-refractivity contribution in [3.63, 3.8) is 0 Å². The lowest BCUT2D eigenvalue weighted by atomic mass is 9.95. The second kappa shape index (κ2) is 16.0. The topological polar surface area (TPSA) is 100 Å². The molecule has 0 aliphatic heterocycles. The van der Waals surface area contributed by atoms with Gasteiger partial charge in [0.15, 0.2) is 11.9 Å². The van der Waals surface area contributed by atoms with E-state index in [2.05, 4.69) is 49.7 Å². The Morgan fingerprint density at radius 2 is 1.63 bits per heavy atom. The molecule has 0 saturated heterocycles. The molecule has 3 rings (SSSR count). The summed E-state index contributed by atoms with van der Waals surface area (Å²) in [7, 11) is 0. The lowest BCUT2D eigenvalue weighted by molar-refractivity contribution is -0.139. The number of amidine groups is 1. The normalized spacial score (nSPS) is 13.0. The number of carbonyl (C=O) groups is 2. The van der Waals surface area contributed by atoms with Gasteiger partial charge in [-0.25, -0.2) is 14.8 Å². The first kappa shape index (κ1) is 33.5. The summed E-state index contributed by atoms with van der Waals surface area (Å²) in [5.74, 6) is -0.316. The largest absolute Gasteiger partial charge is 0.494 e. The number of nitrogens with one attached hydrogen (secondary N) is 1. The van der Waals surface area contributed by atoms with Crippen molar-refractivity contribution in [3.05, 3.63) is 93.3 Å². The standard InChI is InChI=1S/C35H43N3O4S/c1-7-8-9-10-11-22-42-28-18-16-25(17-19-28)24(2)23-37-32(36-6)27-14-12-26(13-15-27)31(34(40)41)38-33(39)29-20-21-30(43-29)35(3,4)5/h12-21,23,31H,6-11,22H2,1-5H3,(H,38,39)(H,40,41)/b24-23+,37-32-. The molecular weight excluding hydrogens is 558 g/mol. The fraction of sp³-hybridized carbons (Fsp3) is 0.371. The number of amides is 1. The predicted octanol–water partition coefficient (Wildman–Crippen LogP) is 8.46. The third-order valence-electron chi connectivity index (χ3n) is 6.95. The molecule has 0 aliphatic carbocycles. The molecule has 0 saturated carbocycles. The zero-order valence-electron chi connectivity index (χ0n) is 25.9. The van der Waals surface area contributed by atoms with Gasteiger partial charge >= 0.3 is 5.97 Å². The molecule has 0 aliphatic rings. The Labute approximate surface area is 259 Å². The fourth-order valence-corrected chi connectivity index (χ4v) is 5.29. The number of benzene rings is 2. The van der Waals surface area contributed by atoms with Gasteiger partial charge in [-0.05, 0) is 66.4 Å². The first-order valence-corrected chi connectivity index (χ1v) is 15.5. The molecular formula is C35H43N3O4S. The second-order valence-electron chi connectivity index (χ2n) is 11.5. The van der Waals surface area contributed by atoms with Crippen LogP contribution in [-0.4, -0.2) is 36.1 Å². The molecule has 0 fully saturated rings. The van der Waals surface area contributed by atoms with E-state index in [4.69, 9.17) is 4.74 Å². The number of thiophene rings is 1. The number of hydrogen-bond acceptors (Lipinski definition) is 5. The number of carboxylic acid groups (broad SMARTS) is 1. The first-order valence-electron chi connectivity index (χ1n) is 14.7. The van der Waals surface area contributed by atoms with Crippen LogP contribution in [0.25, 0.3) is 5.57 Å². The number of aliphatic carboxylic acids is 1. The average Bonchev–Trinajstić information content (AvgIpc) is 3.50. The van der Waals surface area contributed by atoms with Crippen LogP contribution in [0, 0.1) is 0 Å². The highest BCUT2D eigenvalue weighted by Gasteiger charge is 2.25. The lowest BCUT2D eigenvalue weighted by Gasteiger charge is -2.16. The number of carbonyl (C=O) groups excluding carboxylic acids is 1. The van der Waals surface area contributed by atoms with Gasteiger partial charge in [-0.1, -0.05) is 89.8 Å². The molecule has 0 radical (unpaired) electrons. The lowest BCUT2D eigenvalue weighted by Crippen LogP contribution is -2.33. The molecule has 8 heteroatoms. The summed E-state index contributed by atoms with van der Waals surface area (Å²) in [5.41, 5.74) is 2.98. The van der Waals surface area contributed by atoms with Gasteiger partial charge in [0, 0.05) is 16.6 Å². The minimum atomic E-state index is -1.20. The third-order valence-corrected chi connectivity index (χ3v) is 8.46. The van der Waals surface area contributed by atoms with Gasteiger partial charge in [-0.3, -0.25) is 4.79 Å². The number of rotatable bonds is 14. The number of aliphatic imine (C=N–C) groups is 2. The van der Waals surface area contributed by atoms with Crippen molar-refractivity contribution >= 4 is 41.3 Å². The molecule has 2 N–H and O–H groups in total. The summed E-state index contributed by atoms with van der Waals surface area (Å²) in [4.78, 5) is 35.0. The second-order valence-corrected chi connectivity index (χ2v) is 12.6. The number of ether oxygens (including phenoxy) is 1. The monoisotopic (exact) mass is 601 g/mol. The van der Waals surface area contributed by atoms with E-state index in [9.17, 15) is 14.7 Å². The third kappa shape index (κ3) is 10.0. The van der Waals surface area contributed by atoms with E-state index in [0.29, 0.717) is 21.8 Å². The fourth-order valence-electron chi connectivity index (χ4n) is 4.33. The first-order chi connectivity index (χ1) is 20.5. The maximum absolute atomic E-state index is 12.9. The van der Waals surface area contributed by atoms with Crippen molar-refractivity contribution in [1.29, 1.82) is 0 Å². The number of allylic oxidation sites excluding steroid dienone is 1. The van der Waals surface area contributed by atoms with E-state index in [-0.39, 0.29) is 5.41 Å². The average molecular weight is 602 g/mol. The smallest absolute Gasteiger partial charge is 0.330 e. The van der Waals surface area contributed by atoms with E-state index >= 15 is 0 Å². The van der Waals surface area contributed by atoms with E-state index in [1.54, 1.807) is 36.5 Å². The van der Waals surface area contributed by atoms with Gasteiger partial charge in [0.1, 0.15) is 5.75 Å². The summed E-state index contributed by atoms with van der Waals surface area (Å²) >= 11 is 1.37. The number of hydrogen-bond donors (Lipinski definition) is 2. The van der Waals surface area contributed by atoms with Gasteiger partial charge in [0.05, 0.1) is 11.5 Å². The van der Waals surface area contributed by atoms with Crippen LogP contribution >= 0.6 is 11.3 Å². The molecule has 1 unspecified atom stereocenters. The summed E-state index contributed by atoms with van der Waals surface area (Å²) in [6.45, 7) is 14.8. The van der Waals surface area contributed by atoms with E-state index in [1.807, 2.05) is 37.3 Å². The Kier molecular flexibility index (Phi) is 12.4. The van der Waals surface area contributed by atoms with Gasteiger partial charge in [0.25, 0.3) is 5.91 Å². The molecule has 0 spiro atoms. The Bertz CT molecular complexity index is 1430. The highest BCUT2D eigenvalue weighted by atomic mass is 32.1. The molecule has 1 aromatic heterocycles. The van der Waals surface area contributed by atoms with Crippen molar-refractivity contribution in [2.24, 2.45) is 9.98 Å². The summed E-state index contributed by atoms with van der Waals surface area (Å²) in [5, 5.41) is 12.5. The minimum absolute atomic E-state index is 0.0933. The van der Waals surface area contributed by atoms with Crippen LogP contribution in [0.15, 0.2) is 76.8 Å². The zero-order chi connectivity index (χ0) is 31.4. The van der Waals surface area contributed by atoms with E-state index in [1.165, 1.54) is 37.0 Å². The van der Waals surface area contributed by atoms with Crippen LogP contribution in [0.2, 0.25) is 0 Å². The van der Waals surface area contributed by atoms with Gasteiger partial charge in [0.2, 0.25) is 0 Å². The van der Waals surface area contributed by atoms with Crippen molar-refractivity contribution in [2.75, 3.05) is 6.61 Å². The van der Waals surface area contributed by atoms with Crippen LogP contribution in [0.3, 0.4) is 0 Å². The number of nitrogens with zero attached hydrogens (tertiary/aromatic N) is 2. The molecule has 43 heavy (non-hydrogen) atoms. The van der Waals surface area contributed by atoms with Crippen LogP contribution in [-0.2, 0) is 10.2 Å². The molecule has 3 aromatic rings. The Morgan fingerprint density at radius 1 is 0.977 bits per heavy atom. The molecule has 228 valence electrons. The van der Waals surface area contributed by atoms with Gasteiger partial charge in [-0.2, -0.15) is 0 Å². The SMILES string of the molecule is C=N/C(=N\C=C(/C)c1ccc(OCCCCCCC)cc1)c1ccc(C(NC(=O)c2ccc(C(C)(C)C)s2)C(=O)O)cc1. The van der Waals surface area contributed by atoms with Gasteiger partial charge < -0.3 is 15.2 Å². The Hall–Kier alpha value is -4.04. The van der Waals surface area contributed by atoms with Crippen LogP contribution < -0.4 is 10.1 Å². The summed E-state index contributed by atoms with van der Waals surface area (Å²) in [6.07, 6.45) is 7.75. The molecule has 2 aromatic carbocycles. The molecule has 1 atom stereocenters. The van der Waals surface area contributed by atoms with Gasteiger partial charge in [-0.15, -0.1) is 11.3 Å². The Morgan fingerprint density at radius 3 is 2.21 bits per heavy atom. The Balaban J connectivity index is 1.65. The molecule has 1 heterocycles. The summed E-state index contributed by atoms with van der Waals surface area (Å²) in [6, 6.07) is 17.1. The number of carboxylic acids is 1. The van der Waals surface area contributed by atoms with Crippen molar-refractivity contribution in [1.82, 2.24) is 5.32 Å². The van der Waals surface area contributed by atoms with E-state index < -0.39 is 17.9 Å². The highest BCUT2D eigenvalue weighted by Crippen LogP contribution is 2.30. The predicted molar refractivity (Wildman–Crippen MR) is 178 cm³/mol. The van der Waals surface area contributed by atoms with E-state index in [0.717, 1.165) is 34.8 Å². The maximum Gasteiger partial charge on any atom is 0.330 e. The van der Waals surface area contributed by atoms with Crippen LogP contribution in [0.1, 0.15) is 104 Å². The van der Waals surface area contributed by atoms with Crippen LogP contribution in [0.5, 0.6) is 5.75 Å². The van der Waals surface area contributed by atoms with Crippen molar-refractivity contribution in [3.8, 4) is 5.75 Å². The molecule has 1 amide bonds. The highest BCUT2D eigenvalue weighted by molar-refractivity contribution is 7.14. The maximum atomic E-state index is 12.9. The minimum Gasteiger partial charge on any atom is -0.494 e. The number of unbranched alkanes of at least 4 members (excludes halogenated alkanes) is 4.